The largest absolute Gasteiger partial charge is 0.573 e. The number of halogens is 6. The van der Waals surface area contributed by atoms with Gasteiger partial charge in [-0.1, -0.05) is 54.1 Å². The molecule has 4 aromatic rings. The Bertz CT molecular complexity index is 1740. The summed E-state index contributed by atoms with van der Waals surface area (Å²) >= 11 is 0. The third-order valence-electron chi connectivity index (χ3n) is 7.16. The van der Waals surface area contributed by atoms with Crippen molar-refractivity contribution in [2.45, 2.75) is 60.2 Å². The van der Waals surface area contributed by atoms with Gasteiger partial charge in [-0.15, -0.1) is 26.3 Å². The third-order valence-corrected chi connectivity index (χ3v) is 7.16. The lowest BCUT2D eigenvalue weighted by atomic mass is 9.79. The number of ether oxygens (including phenoxy) is 5. The molecule has 0 fully saturated rings. The van der Waals surface area contributed by atoms with Crippen molar-refractivity contribution in [2.24, 2.45) is 0 Å². The monoisotopic (exact) mass is 704 g/mol. The zero-order valence-corrected chi connectivity index (χ0v) is 27.1. The normalized spacial score (nSPS) is 11.5. The van der Waals surface area contributed by atoms with Crippen LogP contribution in [0.2, 0.25) is 0 Å². The number of benzene rings is 4. The van der Waals surface area contributed by atoms with Crippen LogP contribution in [0.25, 0.3) is 33.4 Å². The molecule has 0 spiro atoms. The van der Waals surface area contributed by atoms with Gasteiger partial charge in [-0.3, -0.25) is 14.4 Å². The second-order valence-electron chi connectivity index (χ2n) is 10.9. The van der Waals surface area contributed by atoms with Gasteiger partial charge in [0.2, 0.25) is 0 Å². The lowest BCUT2D eigenvalue weighted by molar-refractivity contribution is -0.275. The van der Waals surface area contributed by atoms with Gasteiger partial charge >= 0.3 is 30.6 Å². The van der Waals surface area contributed by atoms with Gasteiger partial charge in [0.25, 0.3) is 0 Å². The molecule has 0 atom stereocenters. The highest BCUT2D eigenvalue weighted by Crippen LogP contribution is 2.47. The quantitative estimate of drug-likeness (QED) is 0.0868. The van der Waals surface area contributed by atoms with E-state index in [1.54, 1.807) is 24.3 Å². The second kappa shape index (κ2) is 15.3. The summed E-state index contributed by atoms with van der Waals surface area (Å²) < 4.78 is 103. The Morgan fingerprint density at radius 2 is 0.740 bits per heavy atom. The molecule has 0 unspecified atom stereocenters. The van der Waals surface area contributed by atoms with Crippen LogP contribution in [0.4, 0.5) is 26.3 Å². The molecule has 0 N–H and O–H groups in total. The minimum atomic E-state index is -4.98. The Balaban J connectivity index is 2.20. The van der Waals surface area contributed by atoms with E-state index in [1.807, 2.05) is 6.92 Å². The predicted molar refractivity (Wildman–Crippen MR) is 167 cm³/mol. The number of carbonyl (C=O) groups is 3. The molecule has 0 saturated carbocycles. The summed E-state index contributed by atoms with van der Waals surface area (Å²) in [6.45, 7) is 4.08. The summed E-state index contributed by atoms with van der Waals surface area (Å²) in [5.41, 5.74) is 3.70. The van der Waals surface area contributed by atoms with E-state index < -0.39 is 62.0 Å². The number of carbonyl (C=O) groups excluding carboxylic acids is 3. The van der Waals surface area contributed by atoms with Gasteiger partial charge in [0.05, 0.1) is 0 Å². The van der Waals surface area contributed by atoms with Gasteiger partial charge in [0, 0.05) is 37.5 Å². The number of aryl methyl sites for hydroxylation is 1. The molecule has 0 aliphatic rings. The molecule has 50 heavy (non-hydrogen) atoms. The van der Waals surface area contributed by atoms with Gasteiger partial charge in [0.1, 0.15) is 31.3 Å². The number of rotatable bonds is 11. The van der Waals surface area contributed by atoms with Crippen molar-refractivity contribution in [1.82, 2.24) is 0 Å². The first kappa shape index (κ1) is 37.3. The van der Waals surface area contributed by atoms with Crippen molar-refractivity contribution < 1.29 is 64.4 Å². The van der Waals surface area contributed by atoms with Gasteiger partial charge in [-0.25, -0.2) is 0 Å². The highest BCUT2D eigenvalue weighted by Gasteiger charge is 2.33. The van der Waals surface area contributed by atoms with Crippen LogP contribution in [0.1, 0.15) is 43.0 Å². The summed E-state index contributed by atoms with van der Waals surface area (Å²) in [5.74, 6) is -3.13. The molecule has 14 heteroatoms. The van der Waals surface area contributed by atoms with E-state index >= 15 is 0 Å². The number of alkyl halides is 6. The average Bonchev–Trinajstić information content (AvgIpc) is 3.01. The Kier molecular flexibility index (Phi) is 11.4. The fraction of sp³-hybridized carbons (Fsp3) is 0.250. The maximum atomic E-state index is 13.0. The van der Waals surface area contributed by atoms with Crippen molar-refractivity contribution in [3.8, 4) is 44.9 Å². The molecule has 0 radical (unpaired) electrons. The Morgan fingerprint density at radius 1 is 0.480 bits per heavy atom. The van der Waals surface area contributed by atoms with Crippen molar-refractivity contribution in [2.75, 3.05) is 0 Å². The molecule has 0 amide bonds. The predicted octanol–water partition coefficient (Wildman–Crippen LogP) is 8.98. The fourth-order valence-electron chi connectivity index (χ4n) is 5.29. The zero-order valence-electron chi connectivity index (χ0n) is 27.1. The van der Waals surface area contributed by atoms with Crippen molar-refractivity contribution >= 4 is 17.9 Å². The maximum absolute atomic E-state index is 13.0. The number of hydrogen-bond donors (Lipinski definition) is 0. The lowest BCUT2D eigenvalue weighted by Crippen LogP contribution is -2.17. The number of hydrogen-bond acceptors (Lipinski definition) is 8. The molecule has 0 aliphatic heterocycles. The number of esters is 3. The van der Waals surface area contributed by atoms with Gasteiger partial charge in [-0.05, 0) is 64.6 Å². The topological polar surface area (TPSA) is 97.4 Å². The highest BCUT2D eigenvalue weighted by molar-refractivity contribution is 5.92. The van der Waals surface area contributed by atoms with Crippen molar-refractivity contribution in [1.29, 1.82) is 0 Å². The van der Waals surface area contributed by atoms with Crippen molar-refractivity contribution in [3.63, 3.8) is 0 Å². The molecule has 0 aliphatic carbocycles. The molecule has 0 bridgehead atoms. The Hall–Kier alpha value is -5.53. The van der Waals surface area contributed by atoms with E-state index in [4.69, 9.17) is 14.2 Å². The Morgan fingerprint density at radius 3 is 0.980 bits per heavy atom. The van der Waals surface area contributed by atoms with E-state index in [9.17, 15) is 40.7 Å². The zero-order chi connectivity index (χ0) is 36.8. The first-order chi connectivity index (χ1) is 23.4. The SMILES string of the molecule is CC(=O)OCc1c(-c2ccc(C)cc2)c(COC(C)=O)c(-c2ccc(OC(F)(F)F)cc2)c(COC(C)=O)c1-c1ccc(OC(F)(F)F)cc1. The van der Waals surface area contributed by atoms with Crippen LogP contribution in [0.15, 0.2) is 72.8 Å². The van der Waals surface area contributed by atoms with Crippen LogP contribution in [0.5, 0.6) is 11.5 Å². The summed E-state index contributed by atoms with van der Waals surface area (Å²) in [5, 5.41) is 0. The van der Waals surface area contributed by atoms with Crippen LogP contribution < -0.4 is 9.47 Å². The first-order valence-corrected chi connectivity index (χ1v) is 14.8. The van der Waals surface area contributed by atoms with Crippen LogP contribution in [0, 0.1) is 6.92 Å². The standard InChI is InChI=1S/C36H30F6O8/c1-20-5-7-24(8-6-20)32-29(17-46-21(2)43)33(25-9-13-27(14-10-25)49-35(37,38)39)31(19-48-23(4)45)34(30(32)18-47-22(3)44)26-11-15-28(16-12-26)50-36(40,41)42/h5-16H,17-19H2,1-4H3. The molecule has 4 aromatic carbocycles. The minimum Gasteiger partial charge on any atom is -0.461 e. The minimum absolute atomic E-state index is 0.217. The second-order valence-corrected chi connectivity index (χ2v) is 10.9. The molecular weight excluding hydrogens is 674 g/mol. The van der Waals surface area contributed by atoms with Gasteiger partial charge < -0.3 is 23.7 Å². The van der Waals surface area contributed by atoms with E-state index in [2.05, 4.69) is 9.47 Å². The molecule has 0 heterocycles. The average molecular weight is 705 g/mol. The third kappa shape index (κ3) is 10.00. The summed E-state index contributed by atoms with van der Waals surface area (Å²) in [4.78, 5) is 36.5. The first-order valence-electron chi connectivity index (χ1n) is 14.8. The lowest BCUT2D eigenvalue weighted by Gasteiger charge is -2.27. The van der Waals surface area contributed by atoms with Gasteiger partial charge in [-0.2, -0.15) is 0 Å². The Labute approximate surface area is 282 Å². The summed E-state index contributed by atoms with van der Waals surface area (Å²) in [7, 11) is 0. The molecule has 8 nitrogen and oxygen atoms in total. The van der Waals surface area contributed by atoms with E-state index in [-0.39, 0.29) is 27.8 Å². The summed E-state index contributed by atoms with van der Waals surface area (Å²) in [6.07, 6.45) is -9.96. The van der Waals surface area contributed by atoms with Crippen molar-refractivity contribution in [3.05, 3.63) is 95.1 Å². The van der Waals surface area contributed by atoms with Crippen LogP contribution in [-0.2, 0) is 48.4 Å². The van der Waals surface area contributed by atoms with E-state index in [1.165, 1.54) is 38.1 Å². The molecule has 264 valence electrons. The van der Waals surface area contributed by atoms with E-state index in [0.717, 1.165) is 36.8 Å². The van der Waals surface area contributed by atoms with Gasteiger partial charge in [0.15, 0.2) is 0 Å². The highest BCUT2D eigenvalue weighted by atomic mass is 19.4. The molecule has 4 rings (SSSR count). The fourth-order valence-corrected chi connectivity index (χ4v) is 5.29. The maximum Gasteiger partial charge on any atom is 0.573 e. The summed E-state index contributed by atoms with van der Waals surface area (Å²) in [6, 6.07) is 16.6. The van der Waals surface area contributed by atoms with E-state index in [0.29, 0.717) is 22.3 Å². The molecule has 0 saturated heterocycles. The molecular formula is C36H30F6O8. The van der Waals surface area contributed by atoms with Crippen LogP contribution >= 0.6 is 0 Å². The molecule has 0 aromatic heterocycles. The smallest absolute Gasteiger partial charge is 0.461 e. The van der Waals surface area contributed by atoms with Crippen LogP contribution in [-0.4, -0.2) is 30.6 Å². The van der Waals surface area contributed by atoms with Crippen LogP contribution in [0.3, 0.4) is 0 Å².